The molecule has 0 saturated carbocycles. The maximum atomic E-state index is 12.3. The number of hydrogen-bond acceptors (Lipinski definition) is 3. The zero-order valence-corrected chi connectivity index (χ0v) is 15.6. The molecule has 1 fully saturated rings. The Balaban J connectivity index is 2.04. The molecular weight excluding hydrogens is 316 g/mol. The van der Waals surface area contributed by atoms with Crippen molar-refractivity contribution in [2.24, 2.45) is 5.92 Å². The molecule has 1 unspecified atom stereocenters. The Labute approximate surface area is 148 Å². The van der Waals surface area contributed by atoms with Gasteiger partial charge < -0.3 is 4.90 Å². The molecule has 24 heavy (non-hydrogen) atoms. The average Bonchev–Trinajstić information content (AvgIpc) is 2.88. The standard InChI is InChI=1S/C20H24N2OS/c1-13(2)11-22-19(23)12-24-20(22)18-10-21-8-7-17(18)16-6-5-14(3)9-15(16)4/h5-10,13,20H,11-12H2,1-4H3. The molecule has 126 valence electrons. The zero-order chi connectivity index (χ0) is 17.3. The third-order valence-electron chi connectivity index (χ3n) is 4.32. The van der Waals surface area contributed by atoms with E-state index < -0.39 is 0 Å². The van der Waals surface area contributed by atoms with E-state index in [4.69, 9.17) is 0 Å². The summed E-state index contributed by atoms with van der Waals surface area (Å²) in [5.74, 6) is 1.24. The Morgan fingerprint density at radius 3 is 2.75 bits per heavy atom. The second kappa shape index (κ2) is 6.98. The number of rotatable bonds is 4. The summed E-state index contributed by atoms with van der Waals surface area (Å²) in [5, 5.41) is 0.0595. The first kappa shape index (κ1) is 17.0. The number of carbonyl (C=O) groups is 1. The number of aryl methyl sites for hydroxylation is 2. The highest BCUT2D eigenvalue weighted by molar-refractivity contribution is 8.00. The van der Waals surface area contributed by atoms with Crippen LogP contribution in [0.2, 0.25) is 0 Å². The van der Waals surface area contributed by atoms with E-state index in [1.54, 1.807) is 11.8 Å². The summed E-state index contributed by atoms with van der Waals surface area (Å²) in [5.41, 5.74) is 6.07. The third kappa shape index (κ3) is 3.34. The van der Waals surface area contributed by atoms with Crippen molar-refractivity contribution in [3.8, 4) is 11.1 Å². The van der Waals surface area contributed by atoms with Crippen LogP contribution in [0.3, 0.4) is 0 Å². The van der Waals surface area contributed by atoms with Crippen molar-refractivity contribution in [3.05, 3.63) is 53.3 Å². The number of hydrogen-bond donors (Lipinski definition) is 0. The third-order valence-corrected chi connectivity index (χ3v) is 5.56. The fraction of sp³-hybridized carbons (Fsp3) is 0.400. The minimum absolute atomic E-state index is 0.0595. The number of carbonyl (C=O) groups excluding carboxylic acids is 1. The first-order valence-corrected chi connectivity index (χ1v) is 9.45. The van der Waals surface area contributed by atoms with Crippen molar-refractivity contribution in [1.82, 2.24) is 9.88 Å². The summed E-state index contributed by atoms with van der Waals surface area (Å²) < 4.78 is 0. The molecule has 3 nitrogen and oxygen atoms in total. The van der Waals surface area contributed by atoms with E-state index in [0.29, 0.717) is 11.7 Å². The van der Waals surface area contributed by atoms with Crippen LogP contribution in [-0.4, -0.2) is 28.1 Å². The van der Waals surface area contributed by atoms with Crippen molar-refractivity contribution < 1.29 is 4.79 Å². The molecule has 0 bridgehead atoms. The monoisotopic (exact) mass is 340 g/mol. The van der Waals surface area contributed by atoms with Crippen molar-refractivity contribution in [1.29, 1.82) is 0 Å². The molecule has 1 aromatic heterocycles. The van der Waals surface area contributed by atoms with Crippen LogP contribution in [0.25, 0.3) is 11.1 Å². The van der Waals surface area contributed by atoms with Gasteiger partial charge in [-0.15, -0.1) is 11.8 Å². The maximum Gasteiger partial charge on any atom is 0.233 e. The minimum Gasteiger partial charge on any atom is -0.325 e. The van der Waals surface area contributed by atoms with Crippen LogP contribution in [0.5, 0.6) is 0 Å². The van der Waals surface area contributed by atoms with Crippen LogP contribution in [0.4, 0.5) is 0 Å². The van der Waals surface area contributed by atoms with E-state index in [0.717, 1.165) is 12.1 Å². The number of benzene rings is 1. The van der Waals surface area contributed by atoms with E-state index in [1.165, 1.54) is 22.3 Å². The van der Waals surface area contributed by atoms with Gasteiger partial charge in [0.2, 0.25) is 5.91 Å². The lowest BCUT2D eigenvalue weighted by Gasteiger charge is -2.27. The van der Waals surface area contributed by atoms with Crippen molar-refractivity contribution in [2.75, 3.05) is 12.3 Å². The number of pyridine rings is 1. The number of thioether (sulfide) groups is 1. The molecule has 1 amide bonds. The lowest BCUT2D eigenvalue weighted by Crippen LogP contribution is -2.32. The highest BCUT2D eigenvalue weighted by Gasteiger charge is 2.34. The minimum atomic E-state index is 0.0595. The molecule has 2 aromatic rings. The normalized spacial score (nSPS) is 17.8. The van der Waals surface area contributed by atoms with E-state index in [9.17, 15) is 4.79 Å². The van der Waals surface area contributed by atoms with Gasteiger partial charge in [-0.3, -0.25) is 9.78 Å². The second-order valence-corrected chi connectivity index (χ2v) is 7.95. The smallest absolute Gasteiger partial charge is 0.233 e. The van der Waals surface area contributed by atoms with Gasteiger partial charge >= 0.3 is 0 Å². The Kier molecular flexibility index (Phi) is 4.95. The molecule has 1 atom stereocenters. The van der Waals surface area contributed by atoms with E-state index in [1.807, 2.05) is 17.3 Å². The van der Waals surface area contributed by atoms with Crippen molar-refractivity contribution in [2.45, 2.75) is 33.1 Å². The van der Waals surface area contributed by atoms with Gasteiger partial charge in [0.05, 0.1) is 5.75 Å². The molecule has 1 aromatic carbocycles. The van der Waals surface area contributed by atoms with Crippen LogP contribution in [0.1, 0.15) is 35.9 Å². The average molecular weight is 340 g/mol. The fourth-order valence-corrected chi connectivity index (χ4v) is 4.48. The molecule has 2 heterocycles. The summed E-state index contributed by atoms with van der Waals surface area (Å²) >= 11 is 1.71. The van der Waals surface area contributed by atoms with Gasteiger partial charge in [0.1, 0.15) is 5.37 Å². The topological polar surface area (TPSA) is 33.2 Å². The lowest BCUT2D eigenvalue weighted by atomic mass is 9.95. The Hall–Kier alpha value is -1.81. The Morgan fingerprint density at radius 1 is 1.25 bits per heavy atom. The van der Waals surface area contributed by atoms with Crippen LogP contribution in [-0.2, 0) is 4.79 Å². The maximum absolute atomic E-state index is 12.3. The molecule has 1 saturated heterocycles. The predicted molar refractivity (Wildman–Crippen MR) is 101 cm³/mol. The molecule has 0 aliphatic carbocycles. The van der Waals surface area contributed by atoms with Gasteiger partial charge in [0.25, 0.3) is 0 Å². The van der Waals surface area contributed by atoms with Gasteiger partial charge in [-0.1, -0.05) is 37.6 Å². The van der Waals surface area contributed by atoms with Gasteiger partial charge in [-0.05, 0) is 42.5 Å². The highest BCUT2D eigenvalue weighted by Crippen LogP contribution is 2.43. The van der Waals surface area contributed by atoms with Crippen LogP contribution in [0, 0.1) is 19.8 Å². The first-order chi connectivity index (χ1) is 11.5. The molecule has 0 N–H and O–H groups in total. The van der Waals surface area contributed by atoms with Crippen molar-refractivity contribution in [3.63, 3.8) is 0 Å². The molecule has 1 aliphatic heterocycles. The van der Waals surface area contributed by atoms with E-state index >= 15 is 0 Å². The Bertz CT molecular complexity index is 757. The summed E-state index contributed by atoms with van der Waals surface area (Å²) in [4.78, 5) is 18.7. The second-order valence-electron chi connectivity index (χ2n) is 6.88. The van der Waals surface area contributed by atoms with Gasteiger partial charge in [0, 0.05) is 24.5 Å². The first-order valence-electron chi connectivity index (χ1n) is 8.40. The highest BCUT2D eigenvalue weighted by atomic mass is 32.2. The summed E-state index contributed by atoms with van der Waals surface area (Å²) in [6.45, 7) is 9.35. The molecule has 4 heteroatoms. The lowest BCUT2D eigenvalue weighted by molar-refractivity contribution is -0.128. The largest absolute Gasteiger partial charge is 0.325 e. The van der Waals surface area contributed by atoms with Gasteiger partial charge in [-0.2, -0.15) is 0 Å². The number of aromatic nitrogens is 1. The number of nitrogens with zero attached hydrogens (tertiary/aromatic N) is 2. The summed E-state index contributed by atoms with van der Waals surface area (Å²) in [6.07, 6.45) is 3.77. The molecule has 0 radical (unpaired) electrons. The van der Waals surface area contributed by atoms with E-state index in [2.05, 4.69) is 56.9 Å². The Morgan fingerprint density at radius 2 is 2.04 bits per heavy atom. The van der Waals surface area contributed by atoms with Gasteiger partial charge in [-0.25, -0.2) is 0 Å². The molecule has 1 aliphatic rings. The molecule has 3 rings (SSSR count). The summed E-state index contributed by atoms with van der Waals surface area (Å²) in [6, 6.07) is 8.60. The van der Waals surface area contributed by atoms with E-state index in [-0.39, 0.29) is 11.3 Å². The van der Waals surface area contributed by atoms with Crippen molar-refractivity contribution >= 4 is 17.7 Å². The summed E-state index contributed by atoms with van der Waals surface area (Å²) in [7, 11) is 0. The van der Waals surface area contributed by atoms with Crippen LogP contribution < -0.4 is 0 Å². The van der Waals surface area contributed by atoms with Crippen LogP contribution in [0.15, 0.2) is 36.7 Å². The number of amides is 1. The zero-order valence-electron chi connectivity index (χ0n) is 14.7. The van der Waals surface area contributed by atoms with Gasteiger partial charge in [0.15, 0.2) is 0 Å². The molecular formula is C20H24N2OS. The molecule has 0 spiro atoms. The quantitative estimate of drug-likeness (QED) is 0.816. The predicted octanol–water partition coefficient (Wildman–Crippen LogP) is 4.60. The SMILES string of the molecule is Cc1ccc(-c2ccncc2C2SCC(=O)N2CC(C)C)c(C)c1. The fourth-order valence-electron chi connectivity index (χ4n) is 3.27. The van der Waals surface area contributed by atoms with Crippen LogP contribution >= 0.6 is 11.8 Å².